The first kappa shape index (κ1) is 15.7. The standard InChI is InChI=1S/C16H23N3O2/c1-4-9-17-12(2)15-18-14-8-6-5-7-13(14)16(20)19(15)10-11-21-3/h5-8,12,17H,4,9-11H2,1-3H3/p+1/t12-/m1/s1. The Balaban J connectivity index is 2.51. The van der Waals surface area contributed by atoms with Gasteiger partial charge in [-0.25, -0.2) is 4.98 Å². The molecule has 0 saturated heterocycles. The Labute approximate surface area is 125 Å². The van der Waals surface area contributed by atoms with Crippen molar-refractivity contribution in [3.63, 3.8) is 0 Å². The molecule has 2 N–H and O–H groups in total. The van der Waals surface area contributed by atoms with Crippen LogP contribution in [0.2, 0.25) is 0 Å². The summed E-state index contributed by atoms with van der Waals surface area (Å²) in [5.74, 6) is 0.823. The number of hydrogen-bond donors (Lipinski definition) is 1. The fourth-order valence-corrected chi connectivity index (χ4v) is 2.45. The molecular formula is C16H24N3O2+. The maximum absolute atomic E-state index is 12.7. The molecule has 0 spiro atoms. The van der Waals surface area contributed by atoms with Crippen LogP contribution in [0.15, 0.2) is 29.1 Å². The third-order valence-electron chi connectivity index (χ3n) is 3.63. The molecule has 0 amide bonds. The van der Waals surface area contributed by atoms with Crippen molar-refractivity contribution in [3.8, 4) is 0 Å². The molecule has 0 aliphatic carbocycles. The lowest BCUT2D eigenvalue weighted by Crippen LogP contribution is -2.85. The van der Waals surface area contributed by atoms with Crippen LogP contribution in [-0.2, 0) is 11.3 Å². The van der Waals surface area contributed by atoms with Crippen molar-refractivity contribution >= 4 is 10.9 Å². The van der Waals surface area contributed by atoms with Crippen LogP contribution in [0.4, 0.5) is 0 Å². The zero-order valence-corrected chi connectivity index (χ0v) is 13.0. The second-order valence-electron chi connectivity index (χ2n) is 5.25. The molecule has 5 heteroatoms. The van der Waals surface area contributed by atoms with Crippen LogP contribution < -0.4 is 10.9 Å². The number of nitrogens with zero attached hydrogens (tertiary/aromatic N) is 2. The summed E-state index contributed by atoms with van der Waals surface area (Å²) in [6, 6.07) is 7.67. The number of rotatable bonds is 7. The largest absolute Gasteiger partial charge is 0.383 e. The molecule has 21 heavy (non-hydrogen) atoms. The molecule has 1 aromatic heterocycles. The van der Waals surface area contributed by atoms with Gasteiger partial charge in [0.1, 0.15) is 6.04 Å². The molecule has 1 heterocycles. The molecule has 0 aliphatic rings. The van der Waals surface area contributed by atoms with Crippen molar-refractivity contribution in [2.45, 2.75) is 32.9 Å². The van der Waals surface area contributed by atoms with Crippen LogP contribution in [0, 0.1) is 0 Å². The van der Waals surface area contributed by atoms with Gasteiger partial charge in [0, 0.05) is 7.11 Å². The van der Waals surface area contributed by atoms with Crippen LogP contribution >= 0.6 is 0 Å². The van der Waals surface area contributed by atoms with E-state index in [-0.39, 0.29) is 11.6 Å². The lowest BCUT2D eigenvalue weighted by atomic mass is 10.2. The molecule has 0 aliphatic heterocycles. The molecule has 2 aromatic rings. The average Bonchev–Trinajstić information content (AvgIpc) is 2.51. The van der Waals surface area contributed by atoms with Gasteiger partial charge < -0.3 is 10.1 Å². The zero-order chi connectivity index (χ0) is 15.2. The number of para-hydroxylation sites is 1. The fraction of sp³-hybridized carbons (Fsp3) is 0.500. The Bertz CT molecular complexity index is 652. The summed E-state index contributed by atoms with van der Waals surface area (Å²) in [6.45, 7) is 6.30. The molecule has 5 nitrogen and oxygen atoms in total. The first-order valence-corrected chi connectivity index (χ1v) is 7.50. The maximum Gasteiger partial charge on any atom is 0.261 e. The van der Waals surface area contributed by atoms with Gasteiger partial charge in [-0.2, -0.15) is 0 Å². The highest BCUT2D eigenvalue weighted by Gasteiger charge is 2.18. The molecular weight excluding hydrogens is 266 g/mol. The number of benzene rings is 1. The number of aromatic nitrogens is 2. The third kappa shape index (κ3) is 3.49. The first-order valence-electron chi connectivity index (χ1n) is 7.50. The lowest BCUT2D eigenvalue weighted by molar-refractivity contribution is -0.694. The van der Waals surface area contributed by atoms with Gasteiger partial charge in [0.05, 0.1) is 30.6 Å². The van der Waals surface area contributed by atoms with E-state index in [9.17, 15) is 4.79 Å². The van der Waals surface area contributed by atoms with Crippen LogP contribution in [0.3, 0.4) is 0 Å². The van der Waals surface area contributed by atoms with E-state index in [1.807, 2.05) is 24.3 Å². The average molecular weight is 290 g/mol. The number of quaternary nitrogens is 1. The summed E-state index contributed by atoms with van der Waals surface area (Å²) in [7, 11) is 1.64. The second kappa shape index (κ2) is 7.33. The topological polar surface area (TPSA) is 60.7 Å². The highest BCUT2D eigenvalue weighted by Crippen LogP contribution is 2.11. The van der Waals surface area contributed by atoms with Gasteiger partial charge in [-0.15, -0.1) is 0 Å². The van der Waals surface area contributed by atoms with E-state index in [1.54, 1.807) is 11.7 Å². The van der Waals surface area contributed by atoms with E-state index in [4.69, 9.17) is 9.72 Å². The van der Waals surface area contributed by atoms with Gasteiger partial charge >= 0.3 is 0 Å². The Hall–Kier alpha value is -1.72. The van der Waals surface area contributed by atoms with Crippen molar-refractivity contribution in [2.24, 2.45) is 0 Å². The molecule has 2 rings (SSSR count). The highest BCUT2D eigenvalue weighted by molar-refractivity contribution is 5.77. The van der Waals surface area contributed by atoms with Crippen molar-refractivity contribution in [1.82, 2.24) is 9.55 Å². The van der Waals surface area contributed by atoms with E-state index >= 15 is 0 Å². The Morgan fingerprint density at radius 1 is 1.38 bits per heavy atom. The molecule has 0 saturated carbocycles. The number of fused-ring (bicyclic) bond motifs is 1. The van der Waals surface area contributed by atoms with Crippen molar-refractivity contribution in [3.05, 3.63) is 40.4 Å². The second-order valence-corrected chi connectivity index (χ2v) is 5.25. The molecule has 1 atom stereocenters. The van der Waals surface area contributed by atoms with E-state index in [0.29, 0.717) is 18.5 Å². The molecule has 0 bridgehead atoms. The van der Waals surface area contributed by atoms with Crippen molar-refractivity contribution < 1.29 is 10.1 Å². The minimum Gasteiger partial charge on any atom is -0.383 e. The SMILES string of the molecule is CCC[NH2+][C@H](C)c1nc2ccccc2c(=O)n1CCOC. The van der Waals surface area contributed by atoms with E-state index in [2.05, 4.69) is 19.2 Å². The summed E-state index contributed by atoms with van der Waals surface area (Å²) in [5, 5.41) is 2.89. The van der Waals surface area contributed by atoms with Crippen molar-refractivity contribution in [2.75, 3.05) is 20.3 Å². The Morgan fingerprint density at radius 2 is 2.14 bits per heavy atom. The smallest absolute Gasteiger partial charge is 0.261 e. The minimum absolute atomic E-state index is 0.0180. The molecule has 1 aromatic carbocycles. The first-order chi connectivity index (χ1) is 10.2. The van der Waals surface area contributed by atoms with Gasteiger partial charge in [-0.3, -0.25) is 9.36 Å². The summed E-state index contributed by atoms with van der Waals surface area (Å²) >= 11 is 0. The molecule has 0 unspecified atom stereocenters. The number of ether oxygens (including phenoxy) is 1. The third-order valence-corrected chi connectivity index (χ3v) is 3.63. The summed E-state index contributed by atoms with van der Waals surface area (Å²) < 4.78 is 6.88. The maximum atomic E-state index is 12.7. The summed E-state index contributed by atoms with van der Waals surface area (Å²) in [4.78, 5) is 17.4. The van der Waals surface area contributed by atoms with Gasteiger partial charge in [-0.1, -0.05) is 19.1 Å². The molecule has 0 radical (unpaired) electrons. The molecule has 0 fully saturated rings. The fourth-order valence-electron chi connectivity index (χ4n) is 2.45. The van der Waals surface area contributed by atoms with Gasteiger partial charge in [-0.05, 0) is 25.5 Å². The summed E-state index contributed by atoms with van der Waals surface area (Å²) in [6.07, 6.45) is 1.10. The predicted octanol–water partition coefficient (Wildman–Crippen LogP) is 1.08. The van der Waals surface area contributed by atoms with E-state index in [1.165, 1.54) is 0 Å². The van der Waals surface area contributed by atoms with Crippen LogP contribution in [0.5, 0.6) is 0 Å². The van der Waals surface area contributed by atoms with Crippen LogP contribution in [0.25, 0.3) is 10.9 Å². The highest BCUT2D eigenvalue weighted by atomic mass is 16.5. The van der Waals surface area contributed by atoms with E-state index < -0.39 is 0 Å². The van der Waals surface area contributed by atoms with Gasteiger partial charge in [0.2, 0.25) is 0 Å². The monoisotopic (exact) mass is 290 g/mol. The zero-order valence-electron chi connectivity index (χ0n) is 13.0. The van der Waals surface area contributed by atoms with Crippen LogP contribution in [-0.4, -0.2) is 29.8 Å². The van der Waals surface area contributed by atoms with Crippen molar-refractivity contribution in [1.29, 1.82) is 0 Å². The Kier molecular flexibility index (Phi) is 5.47. The molecule has 114 valence electrons. The lowest BCUT2D eigenvalue weighted by Gasteiger charge is -2.17. The predicted molar refractivity (Wildman–Crippen MR) is 83.4 cm³/mol. The summed E-state index contributed by atoms with van der Waals surface area (Å²) in [5.41, 5.74) is 0.785. The number of methoxy groups -OCH3 is 1. The van der Waals surface area contributed by atoms with Gasteiger partial charge in [0.25, 0.3) is 5.56 Å². The number of hydrogen-bond acceptors (Lipinski definition) is 3. The normalized spacial score (nSPS) is 12.7. The van der Waals surface area contributed by atoms with Gasteiger partial charge in [0.15, 0.2) is 5.82 Å². The quantitative estimate of drug-likeness (QED) is 0.830. The van der Waals surface area contributed by atoms with Crippen LogP contribution in [0.1, 0.15) is 32.1 Å². The minimum atomic E-state index is 0.0180. The Morgan fingerprint density at radius 3 is 2.86 bits per heavy atom. The number of nitrogens with two attached hydrogens (primary N) is 1. The van der Waals surface area contributed by atoms with E-state index in [0.717, 1.165) is 24.3 Å².